The number of nitrogens with zero attached hydrogens (tertiary/aromatic N) is 1. The number of nitrogens with one attached hydrogen (secondary N) is 1. The van der Waals surface area contributed by atoms with Crippen molar-refractivity contribution in [2.24, 2.45) is 0 Å². The Hall–Kier alpha value is -2.47. The minimum Gasteiger partial charge on any atom is -0.455 e. The Bertz CT molecular complexity index is 1070. The second-order valence-electron chi connectivity index (χ2n) is 7.73. The van der Waals surface area contributed by atoms with Gasteiger partial charge in [-0.3, -0.25) is 4.79 Å². The molecule has 0 atom stereocenters. The molecular formula is C23H23FN2O2S. The molecule has 0 spiro atoms. The van der Waals surface area contributed by atoms with E-state index in [-0.39, 0.29) is 11.7 Å². The molecule has 150 valence electrons. The maximum Gasteiger partial charge on any atom is 0.255 e. The van der Waals surface area contributed by atoms with Crippen LogP contribution >= 0.6 is 11.9 Å². The molecule has 0 saturated heterocycles. The number of hydrogen-bond acceptors (Lipinski definition) is 4. The molecule has 0 unspecified atom stereocenters. The average Bonchev–Trinajstić information content (AvgIpc) is 3.50. The molecule has 4 nitrogen and oxygen atoms in total. The molecule has 1 amide bonds. The highest BCUT2D eigenvalue weighted by atomic mass is 32.2. The molecule has 0 radical (unpaired) electrons. The number of anilines is 1. The van der Waals surface area contributed by atoms with Crippen LogP contribution in [0, 0.1) is 5.82 Å². The SMILES string of the molecule is CNC(=O)c1c(-c2ccc(F)cc2)oc2cc3c(cc12)CCCCN3SC1CC1. The second-order valence-corrected chi connectivity index (χ2v) is 9.05. The Labute approximate surface area is 173 Å². The maximum atomic E-state index is 13.4. The molecule has 5 rings (SSSR count). The summed E-state index contributed by atoms with van der Waals surface area (Å²) in [5, 5.41) is 4.28. The fourth-order valence-corrected chi connectivity index (χ4v) is 5.14. The van der Waals surface area contributed by atoms with E-state index in [0.29, 0.717) is 22.5 Å². The Morgan fingerprint density at radius 1 is 1.21 bits per heavy atom. The molecule has 2 heterocycles. The summed E-state index contributed by atoms with van der Waals surface area (Å²) in [6.45, 7) is 1.04. The summed E-state index contributed by atoms with van der Waals surface area (Å²) in [6.07, 6.45) is 5.87. The molecule has 0 bridgehead atoms. The van der Waals surface area contributed by atoms with Gasteiger partial charge in [-0.05, 0) is 79.9 Å². The number of benzene rings is 2. The number of rotatable bonds is 4. The summed E-state index contributed by atoms with van der Waals surface area (Å²) in [6, 6.07) is 10.3. The average molecular weight is 411 g/mol. The maximum absolute atomic E-state index is 13.4. The Kier molecular flexibility index (Phi) is 4.74. The van der Waals surface area contributed by atoms with E-state index in [9.17, 15) is 9.18 Å². The van der Waals surface area contributed by atoms with E-state index in [1.165, 1.54) is 42.6 Å². The number of aryl methyl sites for hydroxylation is 1. The van der Waals surface area contributed by atoms with Crippen molar-refractivity contribution in [1.82, 2.24) is 5.32 Å². The van der Waals surface area contributed by atoms with Gasteiger partial charge in [-0.1, -0.05) is 0 Å². The van der Waals surface area contributed by atoms with Crippen molar-refractivity contribution in [3.63, 3.8) is 0 Å². The number of furan rings is 1. The smallest absolute Gasteiger partial charge is 0.255 e. The number of hydrogen-bond donors (Lipinski definition) is 1. The molecule has 1 saturated carbocycles. The minimum absolute atomic E-state index is 0.194. The summed E-state index contributed by atoms with van der Waals surface area (Å²) in [4.78, 5) is 12.7. The van der Waals surface area contributed by atoms with E-state index >= 15 is 0 Å². The molecule has 2 aliphatic rings. The van der Waals surface area contributed by atoms with Crippen LogP contribution in [0.3, 0.4) is 0 Å². The third-order valence-corrected chi connectivity index (χ3v) is 6.98. The van der Waals surface area contributed by atoms with Crippen LogP contribution in [0.5, 0.6) is 0 Å². The van der Waals surface area contributed by atoms with E-state index < -0.39 is 0 Å². The zero-order valence-corrected chi connectivity index (χ0v) is 17.2. The zero-order chi connectivity index (χ0) is 20.0. The van der Waals surface area contributed by atoms with Crippen LogP contribution in [-0.4, -0.2) is 24.7 Å². The standard InChI is InChI=1S/C23H23FN2O2S/c1-25-23(27)21-18-12-15-4-2-3-11-26(29-17-9-10-17)19(15)13-20(18)28-22(21)14-5-7-16(24)8-6-14/h5-8,12-13,17H,2-4,9-11H2,1H3,(H,25,27). The van der Waals surface area contributed by atoms with Crippen molar-refractivity contribution < 1.29 is 13.6 Å². The summed E-state index contributed by atoms with van der Waals surface area (Å²) >= 11 is 1.94. The summed E-state index contributed by atoms with van der Waals surface area (Å²) < 4.78 is 22.0. The van der Waals surface area contributed by atoms with E-state index in [2.05, 4.69) is 21.8 Å². The molecular weight excluding hydrogens is 387 g/mol. The van der Waals surface area contributed by atoms with Crippen molar-refractivity contribution in [3.8, 4) is 11.3 Å². The van der Waals surface area contributed by atoms with Crippen LogP contribution in [0.25, 0.3) is 22.3 Å². The molecule has 1 aliphatic carbocycles. The third-order valence-electron chi connectivity index (χ3n) is 5.58. The highest BCUT2D eigenvalue weighted by molar-refractivity contribution is 8.01. The normalized spacial score (nSPS) is 16.6. The summed E-state index contributed by atoms with van der Waals surface area (Å²) in [5.41, 5.74) is 4.38. The van der Waals surface area contributed by atoms with Crippen molar-refractivity contribution >= 4 is 34.5 Å². The van der Waals surface area contributed by atoms with Crippen molar-refractivity contribution in [2.75, 3.05) is 17.9 Å². The number of carbonyl (C=O) groups excluding carboxylic acids is 1. The van der Waals surface area contributed by atoms with E-state index in [1.807, 2.05) is 11.9 Å². The van der Waals surface area contributed by atoms with E-state index in [4.69, 9.17) is 4.42 Å². The lowest BCUT2D eigenvalue weighted by Gasteiger charge is -2.23. The Morgan fingerprint density at radius 3 is 2.72 bits per heavy atom. The lowest BCUT2D eigenvalue weighted by atomic mass is 10.0. The van der Waals surface area contributed by atoms with Gasteiger partial charge in [0.1, 0.15) is 17.2 Å². The zero-order valence-electron chi connectivity index (χ0n) is 16.3. The second kappa shape index (κ2) is 7.41. The van der Waals surface area contributed by atoms with Crippen LogP contribution in [0.15, 0.2) is 40.8 Å². The molecule has 1 fully saturated rings. The molecule has 1 aliphatic heterocycles. The first-order chi connectivity index (χ1) is 14.1. The third kappa shape index (κ3) is 3.50. The molecule has 6 heteroatoms. The lowest BCUT2D eigenvalue weighted by Crippen LogP contribution is -2.18. The van der Waals surface area contributed by atoms with Crippen LogP contribution in [-0.2, 0) is 6.42 Å². The molecule has 29 heavy (non-hydrogen) atoms. The lowest BCUT2D eigenvalue weighted by molar-refractivity contribution is 0.0964. The van der Waals surface area contributed by atoms with Gasteiger partial charge < -0.3 is 14.0 Å². The minimum atomic E-state index is -0.314. The van der Waals surface area contributed by atoms with Crippen molar-refractivity contribution in [1.29, 1.82) is 0 Å². The van der Waals surface area contributed by atoms with Gasteiger partial charge >= 0.3 is 0 Å². The fourth-order valence-electron chi connectivity index (χ4n) is 3.92. The van der Waals surface area contributed by atoms with Gasteiger partial charge in [-0.2, -0.15) is 0 Å². The number of fused-ring (bicyclic) bond motifs is 2. The number of carbonyl (C=O) groups is 1. The van der Waals surface area contributed by atoms with Crippen molar-refractivity contribution in [3.05, 3.63) is 53.3 Å². The van der Waals surface area contributed by atoms with Crippen LogP contribution in [0.4, 0.5) is 10.1 Å². The van der Waals surface area contributed by atoms with Crippen molar-refractivity contribution in [2.45, 2.75) is 37.4 Å². The predicted molar refractivity (Wildman–Crippen MR) is 116 cm³/mol. The van der Waals surface area contributed by atoms with Gasteiger partial charge in [0.15, 0.2) is 0 Å². The number of halogens is 1. The monoisotopic (exact) mass is 410 g/mol. The van der Waals surface area contributed by atoms with Gasteiger partial charge in [0, 0.05) is 35.9 Å². The Balaban J connectivity index is 1.68. The largest absolute Gasteiger partial charge is 0.455 e. The predicted octanol–water partition coefficient (Wildman–Crippen LogP) is 5.55. The van der Waals surface area contributed by atoms with E-state index in [1.54, 1.807) is 19.2 Å². The molecule has 1 N–H and O–H groups in total. The highest BCUT2D eigenvalue weighted by Crippen LogP contribution is 2.44. The van der Waals surface area contributed by atoms with Crippen LogP contribution in [0.2, 0.25) is 0 Å². The first-order valence-corrected chi connectivity index (χ1v) is 11.0. The first kappa shape index (κ1) is 18.6. The van der Waals surface area contributed by atoms with Gasteiger partial charge in [0.25, 0.3) is 5.91 Å². The highest BCUT2D eigenvalue weighted by Gasteiger charge is 2.29. The topological polar surface area (TPSA) is 45.5 Å². The molecule has 2 aromatic carbocycles. The first-order valence-electron chi connectivity index (χ1n) is 10.2. The van der Waals surface area contributed by atoms with Gasteiger partial charge in [-0.15, -0.1) is 0 Å². The summed E-state index contributed by atoms with van der Waals surface area (Å²) in [7, 11) is 1.62. The van der Waals surface area contributed by atoms with Gasteiger partial charge in [-0.25, -0.2) is 4.39 Å². The van der Waals surface area contributed by atoms with Gasteiger partial charge in [0.05, 0.1) is 11.3 Å². The van der Waals surface area contributed by atoms with Crippen LogP contribution in [0.1, 0.15) is 41.6 Å². The summed E-state index contributed by atoms with van der Waals surface area (Å²) in [5.74, 6) is -0.0208. The van der Waals surface area contributed by atoms with E-state index in [0.717, 1.165) is 30.0 Å². The Morgan fingerprint density at radius 2 is 2.00 bits per heavy atom. The number of amides is 1. The molecule has 1 aromatic heterocycles. The quantitative estimate of drug-likeness (QED) is 0.573. The van der Waals surface area contributed by atoms with Gasteiger partial charge in [0.2, 0.25) is 0 Å². The molecule has 3 aromatic rings. The van der Waals surface area contributed by atoms with Crippen LogP contribution < -0.4 is 9.62 Å². The fraction of sp³-hybridized carbons (Fsp3) is 0.348.